The first-order valence-corrected chi connectivity index (χ1v) is 10.3. The zero-order valence-corrected chi connectivity index (χ0v) is 19.3. The molecule has 150 valence electrons. The SMILES string of the molecule is CC#CC(=O)N(c1ccc2nn([C@H](C)COC)cc2n1)c1cc(C)c(I)cc1C. The topological polar surface area (TPSA) is 60.2 Å². The van der Waals surface area contributed by atoms with Crippen molar-refractivity contribution in [3.8, 4) is 11.8 Å². The molecule has 0 spiro atoms. The molecule has 1 amide bonds. The molecule has 3 aromatic rings. The minimum Gasteiger partial charge on any atom is -0.382 e. The average molecular weight is 502 g/mol. The molecule has 0 aliphatic heterocycles. The number of fused-ring (bicyclic) bond motifs is 1. The second-order valence-electron chi connectivity index (χ2n) is 6.89. The van der Waals surface area contributed by atoms with Crippen molar-refractivity contribution in [2.24, 2.45) is 0 Å². The van der Waals surface area contributed by atoms with Crippen molar-refractivity contribution in [3.05, 3.63) is 45.2 Å². The van der Waals surface area contributed by atoms with Gasteiger partial charge in [-0.25, -0.2) is 4.98 Å². The number of carbonyl (C=O) groups is 1. The number of methoxy groups -OCH3 is 1. The van der Waals surface area contributed by atoms with Gasteiger partial charge in [0, 0.05) is 10.7 Å². The molecule has 7 heteroatoms. The third-order valence-electron chi connectivity index (χ3n) is 4.61. The predicted octanol–water partition coefficient (Wildman–Crippen LogP) is 4.55. The molecule has 3 rings (SSSR count). The van der Waals surface area contributed by atoms with E-state index in [0.717, 1.165) is 25.9 Å². The van der Waals surface area contributed by atoms with E-state index in [9.17, 15) is 4.79 Å². The Kier molecular flexibility index (Phi) is 6.55. The molecule has 2 aromatic heterocycles. The standard InChI is InChI=1S/C22H23IN4O2/c1-6-7-22(28)27(20-11-14(2)17(23)10-15(20)3)21-9-8-18-19(24-21)12-26(25-18)16(4)13-29-5/h8-12,16H,13H2,1-5H3/t16-/m1/s1. The van der Waals surface area contributed by atoms with Crippen molar-refractivity contribution >= 4 is 51.0 Å². The van der Waals surface area contributed by atoms with Crippen LogP contribution in [0.25, 0.3) is 11.0 Å². The van der Waals surface area contributed by atoms with E-state index >= 15 is 0 Å². The molecule has 0 fully saturated rings. The smallest absolute Gasteiger partial charge is 0.308 e. The molecule has 0 N–H and O–H groups in total. The van der Waals surface area contributed by atoms with Crippen molar-refractivity contribution in [2.45, 2.75) is 33.7 Å². The summed E-state index contributed by atoms with van der Waals surface area (Å²) >= 11 is 2.30. The lowest BCUT2D eigenvalue weighted by molar-refractivity contribution is -0.112. The Labute approximate surface area is 184 Å². The van der Waals surface area contributed by atoms with Gasteiger partial charge in [-0.2, -0.15) is 5.10 Å². The number of rotatable bonds is 5. The van der Waals surface area contributed by atoms with E-state index in [1.807, 2.05) is 49.8 Å². The van der Waals surface area contributed by atoms with Crippen LogP contribution in [0.2, 0.25) is 0 Å². The van der Waals surface area contributed by atoms with Gasteiger partial charge >= 0.3 is 5.91 Å². The summed E-state index contributed by atoms with van der Waals surface area (Å²) in [6.07, 6.45) is 1.88. The summed E-state index contributed by atoms with van der Waals surface area (Å²) < 4.78 is 8.20. The number of hydrogen-bond donors (Lipinski definition) is 0. The van der Waals surface area contributed by atoms with Gasteiger partial charge < -0.3 is 4.74 Å². The van der Waals surface area contributed by atoms with E-state index in [2.05, 4.69) is 45.6 Å². The van der Waals surface area contributed by atoms with Crippen LogP contribution >= 0.6 is 22.6 Å². The number of nitrogens with zero attached hydrogens (tertiary/aromatic N) is 4. The van der Waals surface area contributed by atoms with E-state index in [4.69, 9.17) is 9.72 Å². The summed E-state index contributed by atoms with van der Waals surface area (Å²) in [5, 5.41) is 4.57. The second-order valence-corrected chi connectivity index (χ2v) is 8.05. The number of carbonyl (C=O) groups excluding carboxylic acids is 1. The Morgan fingerprint density at radius 1 is 1.28 bits per heavy atom. The van der Waals surface area contributed by atoms with Gasteiger partial charge in [-0.05, 0) is 91.6 Å². The summed E-state index contributed by atoms with van der Waals surface area (Å²) in [4.78, 5) is 19.2. The van der Waals surface area contributed by atoms with Gasteiger partial charge in [0.25, 0.3) is 0 Å². The third-order valence-corrected chi connectivity index (χ3v) is 5.77. The van der Waals surface area contributed by atoms with Crippen LogP contribution in [0.15, 0.2) is 30.5 Å². The lowest BCUT2D eigenvalue weighted by Gasteiger charge is -2.22. The Balaban J connectivity index is 2.13. The maximum atomic E-state index is 12.9. The summed E-state index contributed by atoms with van der Waals surface area (Å²) in [6, 6.07) is 7.84. The molecule has 1 atom stereocenters. The van der Waals surface area contributed by atoms with E-state index < -0.39 is 0 Å². The maximum Gasteiger partial charge on any atom is 0.308 e. The highest BCUT2D eigenvalue weighted by Gasteiger charge is 2.21. The molecule has 0 saturated heterocycles. The average Bonchev–Trinajstić information content (AvgIpc) is 3.10. The Hall–Kier alpha value is -2.44. The number of halogens is 1. The molecule has 2 heterocycles. The number of aryl methyl sites for hydroxylation is 2. The summed E-state index contributed by atoms with van der Waals surface area (Å²) in [5.74, 6) is 5.56. The first-order chi connectivity index (χ1) is 13.8. The fourth-order valence-corrected chi connectivity index (χ4v) is 3.71. The third kappa shape index (κ3) is 4.43. The van der Waals surface area contributed by atoms with Gasteiger partial charge in [0.2, 0.25) is 0 Å². The first kappa shape index (κ1) is 21.3. The fraction of sp³-hybridized carbons (Fsp3) is 0.318. The monoisotopic (exact) mass is 502 g/mol. The largest absolute Gasteiger partial charge is 0.382 e. The van der Waals surface area contributed by atoms with Crippen molar-refractivity contribution in [2.75, 3.05) is 18.6 Å². The summed E-state index contributed by atoms with van der Waals surface area (Å²) in [6.45, 7) is 8.25. The maximum absolute atomic E-state index is 12.9. The molecule has 0 radical (unpaired) electrons. The Bertz CT molecular complexity index is 1130. The lowest BCUT2D eigenvalue weighted by Crippen LogP contribution is -2.26. The van der Waals surface area contributed by atoms with Crippen molar-refractivity contribution < 1.29 is 9.53 Å². The molecular formula is C22H23IN4O2. The van der Waals surface area contributed by atoms with Crippen LogP contribution in [0.4, 0.5) is 11.5 Å². The molecule has 0 aliphatic carbocycles. The highest BCUT2D eigenvalue weighted by atomic mass is 127. The van der Waals surface area contributed by atoms with E-state index in [0.29, 0.717) is 17.9 Å². The van der Waals surface area contributed by atoms with Gasteiger partial charge in [-0.1, -0.05) is 5.92 Å². The number of pyridine rings is 1. The molecule has 0 aliphatic rings. The number of hydrogen-bond acceptors (Lipinski definition) is 4. The van der Waals surface area contributed by atoms with Crippen molar-refractivity contribution in [1.82, 2.24) is 14.8 Å². The first-order valence-electron chi connectivity index (χ1n) is 9.24. The van der Waals surface area contributed by atoms with Gasteiger partial charge in [0.05, 0.1) is 24.5 Å². The summed E-state index contributed by atoms with van der Waals surface area (Å²) in [5.41, 5.74) is 4.34. The van der Waals surface area contributed by atoms with Crippen LogP contribution in [0.1, 0.15) is 31.0 Å². The number of amides is 1. The molecular weight excluding hydrogens is 479 g/mol. The van der Waals surface area contributed by atoms with Gasteiger partial charge in [-0.15, -0.1) is 0 Å². The van der Waals surface area contributed by atoms with Crippen LogP contribution in [0.3, 0.4) is 0 Å². The van der Waals surface area contributed by atoms with Crippen molar-refractivity contribution in [3.63, 3.8) is 0 Å². The van der Waals surface area contributed by atoms with Crippen LogP contribution in [-0.4, -0.2) is 34.4 Å². The highest BCUT2D eigenvalue weighted by molar-refractivity contribution is 14.1. The number of anilines is 2. The van der Waals surface area contributed by atoms with Crippen LogP contribution in [0, 0.1) is 29.3 Å². The van der Waals surface area contributed by atoms with Gasteiger partial charge in [-0.3, -0.25) is 14.4 Å². The Morgan fingerprint density at radius 3 is 2.72 bits per heavy atom. The van der Waals surface area contributed by atoms with Gasteiger partial charge in [0.15, 0.2) is 0 Å². The van der Waals surface area contributed by atoms with Crippen LogP contribution in [0.5, 0.6) is 0 Å². The molecule has 1 aromatic carbocycles. The molecule has 0 saturated carbocycles. The van der Waals surface area contributed by atoms with Crippen LogP contribution in [-0.2, 0) is 9.53 Å². The highest BCUT2D eigenvalue weighted by Crippen LogP contribution is 2.31. The fourth-order valence-electron chi connectivity index (χ4n) is 3.09. The number of benzene rings is 1. The molecule has 6 nitrogen and oxygen atoms in total. The lowest BCUT2D eigenvalue weighted by atomic mass is 10.1. The molecule has 29 heavy (non-hydrogen) atoms. The molecule has 0 bridgehead atoms. The van der Waals surface area contributed by atoms with Crippen molar-refractivity contribution in [1.29, 1.82) is 0 Å². The zero-order valence-electron chi connectivity index (χ0n) is 17.2. The quantitative estimate of drug-likeness (QED) is 0.380. The van der Waals surface area contributed by atoms with E-state index in [-0.39, 0.29) is 11.9 Å². The number of aromatic nitrogens is 3. The minimum absolute atomic E-state index is 0.0856. The van der Waals surface area contributed by atoms with Crippen LogP contribution < -0.4 is 4.90 Å². The normalized spacial score (nSPS) is 11.8. The second kappa shape index (κ2) is 8.93. The van der Waals surface area contributed by atoms with E-state index in [1.165, 1.54) is 0 Å². The Morgan fingerprint density at radius 2 is 2.03 bits per heavy atom. The predicted molar refractivity (Wildman–Crippen MR) is 123 cm³/mol. The van der Waals surface area contributed by atoms with E-state index in [1.54, 1.807) is 18.9 Å². The minimum atomic E-state index is -0.316. The number of ether oxygens (including phenoxy) is 1. The molecule has 0 unspecified atom stereocenters. The summed E-state index contributed by atoms with van der Waals surface area (Å²) in [7, 11) is 1.67. The van der Waals surface area contributed by atoms with Gasteiger partial charge in [0.1, 0.15) is 16.9 Å². The zero-order chi connectivity index (χ0) is 21.1.